The maximum Gasteiger partial charge on any atom is 0.446 e. The molecule has 0 unspecified atom stereocenters. The van der Waals surface area contributed by atoms with Crippen molar-refractivity contribution in [3.05, 3.63) is 386 Å². The van der Waals surface area contributed by atoms with Crippen molar-refractivity contribution >= 4 is 310 Å². The number of nitrogens with two attached hydrogens (primary N) is 1. The molecule has 0 saturated heterocycles. The van der Waals surface area contributed by atoms with Crippen molar-refractivity contribution < 1.29 is 101 Å². The van der Waals surface area contributed by atoms with Gasteiger partial charge in [0.1, 0.15) is 51.8 Å². The largest absolute Gasteiger partial charge is 0.507 e. The summed E-state index contributed by atoms with van der Waals surface area (Å²) in [4.78, 5) is 103. The Kier molecular flexibility index (Phi) is 45.9. The van der Waals surface area contributed by atoms with Crippen LogP contribution in [0.3, 0.4) is 0 Å². The maximum absolute atomic E-state index is 13.4. The van der Waals surface area contributed by atoms with Gasteiger partial charge in [0, 0.05) is 86.9 Å². The number of hydrogen-bond donors (Lipinski definition) is 15. The number of hydrogen-bond acceptors (Lipinski definition) is 22. The van der Waals surface area contributed by atoms with Crippen molar-refractivity contribution in [3.8, 4) is 46.0 Å². The van der Waals surface area contributed by atoms with Crippen LogP contribution in [0.15, 0.2) is 322 Å². The smallest absolute Gasteiger partial charge is 0.446 e. The molecule has 0 aromatic heterocycles. The summed E-state index contributed by atoms with van der Waals surface area (Å²) in [5.41, 5.74) is 11.2. The molecule has 732 valence electrons. The molecule has 0 fully saturated rings. The standard InChI is InChI=1S/C19H16N2O3.C15H11Br2N3O4.C14H8F3I2NO2S.C13H8Br2FNO2.C13H8ClI2NO2.C13H10ClNO2.C9H8BrN3O3/c22-18-11-10-14-6-4-5-9-16(14)17(18)12-20-21-19(23)13-24-15-7-2-1-3-8-15;1-8(12-6-10(16)7-13(17)14(12)21)18-19-15(22)9-2-4-11(5-3-9)20(23)24;15-14(16,17)23-9-3-1-8(2-4-9)20-13(22)10-5-7(18)6-11(19)12(10)21;14-7-5-8(12(18)9(15)6-7)13(19)17-11-4-2-1-3-10(11)16;14-7-1-3-9(4-2-7)17-13(19)10-5-8(15)6-11(16)12(10)18;14-9-5-7-10(8-6-9)15-13(17)11-3-1-2-4-12(11)16;10-6-1-2-7(14)5(3-6)4-12-13-9(16)8(11)15/h1-12,22H,13H2,(H,21,23);2-7,21H,1H3,(H,19,22);1-6,21H,(H,20,22);2*1-6,18H,(H,17,19);1-8,16H,(H,15,17);1-4,14H,(H2,11,15)(H,13,16)/b20-12+;18-8+;;;;;12-4+. The van der Waals surface area contributed by atoms with Gasteiger partial charge < -0.3 is 67.5 Å². The summed E-state index contributed by atoms with van der Waals surface area (Å²) in [5, 5.41) is 104. The Morgan fingerprint density at radius 3 is 1.49 bits per heavy atom. The summed E-state index contributed by atoms with van der Waals surface area (Å²) in [6.07, 6.45) is 2.62. The first-order chi connectivity index (χ1) is 67.3. The molecule has 14 aromatic carbocycles. The molecule has 0 saturated carbocycles. The molecule has 0 heterocycles. The van der Waals surface area contributed by atoms with Gasteiger partial charge in [-0.2, -0.15) is 28.5 Å². The lowest BCUT2D eigenvalue weighted by molar-refractivity contribution is -0.384. The van der Waals surface area contributed by atoms with Crippen molar-refractivity contribution in [2.24, 2.45) is 21.0 Å². The van der Waals surface area contributed by atoms with Gasteiger partial charge in [-0.1, -0.05) is 144 Å². The van der Waals surface area contributed by atoms with E-state index in [1.165, 1.54) is 103 Å². The van der Waals surface area contributed by atoms with Crippen molar-refractivity contribution in [2.75, 3.05) is 27.9 Å². The van der Waals surface area contributed by atoms with Gasteiger partial charge in [-0.25, -0.2) is 20.7 Å². The van der Waals surface area contributed by atoms with Crippen LogP contribution in [0.5, 0.6) is 46.0 Å². The van der Waals surface area contributed by atoms with Crippen LogP contribution in [-0.4, -0.2) is 118 Å². The molecule has 14 aromatic rings. The first-order valence-corrected chi connectivity index (χ1v) is 49.5. The van der Waals surface area contributed by atoms with E-state index in [1.54, 1.807) is 146 Å². The first kappa shape index (κ1) is 115. The quantitative estimate of drug-likeness (QED) is 0.00641. The summed E-state index contributed by atoms with van der Waals surface area (Å²) in [5.74, 6) is -5.07. The van der Waals surface area contributed by atoms with E-state index in [0.29, 0.717) is 75.8 Å². The monoisotopic (exact) mass is 2760 g/mol. The van der Waals surface area contributed by atoms with Crippen LogP contribution in [0.4, 0.5) is 46.0 Å². The number of phenolic OH excluding ortho intramolecular Hbond substituents is 7. The Morgan fingerprint density at radius 2 is 0.951 bits per heavy atom. The Bertz CT molecular complexity index is 7060. The van der Waals surface area contributed by atoms with E-state index >= 15 is 0 Å². The molecule has 0 bridgehead atoms. The zero-order chi connectivity index (χ0) is 104. The number of ether oxygens (including phenoxy) is 1. The predicted molar refractivity (Wildman–Crippen MR) is 588 cm³/mol. The summed E-state index contributed by atoms with van der Waals surface area (Å²) < 4.78 is 61.4. The van der Waals surface area contributed by atoms with Gasteiger partial charge in [-0.3, -0.25) is 48.5 Å². The highest BCUT2D eigenvalue weighted by molar-refractivity contribution is 14.1. The maximum atomic E-state index is 13.4. The SMILES string of the molecule is C/C(=N\NC(=O)c1ccc([N+](=O)[O-])cc1)c1cc(Br)cc(Br)c1O.NC(=O)C(=O)N/N=C/c1cc(Br)ccc1O.O=C(COc1ccccc1)N/N=C/c1c(O)ccc2ccccc12.O=C(Nc1ccc(Cl)cc1)c1cc(I)cc(I)c1O.O=C(Nc1ccc(Cl)cc1)c1ccccc1O.O=C(Nc1ccc(SC(F)(F)F)cc1)c1cc(I)cc(I)c1O.O=C(Nc1ccccc1F)c1cc(Br)cc(Br)c1O. The highest BCUT2D eigenvalue weighted by Gasteiger charge is 2.30. The third-order valence-corrected chi connectivity index (χ3v) is 24.5. The van der Waals surface area contributed by atoms with E-state index in [9.17, 15) is 102 Å². The summed E-state index contributed by atoms with van der Waals surface area (Å²) in [6, 6.07) is 74.1. The van der Waals surface area contributed by atoms with Gasteiger partial charge in [0.15, 0.2) is 6.61 Å². The lowest BCUT2D eigenvalue weighted by Gasteiger charge is -2.10. The van der Waals surface area contributed by atoms with Crippen molar-refractivity contribution in [1.82, 2.24) is 16.3 Å². The minimum absolute atomic E-state index is 0.000254. The average Bonchev–Trinajstić information content (AvgIpc) is 0.828. The molecule has 16 N–H and O–H groups in total. The Morgan fingerprint density at radius 1 is 0.479 bits per heavy atom. The number of nitro benzene ring substituents is 1. The van der Waals surface area contributed by atoms with E-state index in [4.69, 9.17) is 27.9 Å². The van der Waals surface area contributed by atoms with Crippen LogP contribution >= 0.6 is 205 Å². The molecule has 46 heteroatoms. The Hall–Kier alpha value is -12.1. The molecule has 0 radical (unpaired) electrons. The van der Waals surface area contributed by atoms with Gasteiger partial charge in [0.25, 0.3) is 41.1 Å². The number of nitro groups is 1. The van der Waals surface area contributed by atoms with E-state index in [2.05, 4.69) is 155 Å². The number of alkyl halides is 3. The van der Waals surface area contributed by atoms with Crippen molar-refractivity contribution in [2.45, 2.75) is 17.3 Å². The fourth-order valence-electron chi connectivity index (χ4n) is 11.0. The number of non-ortho nitro benzene ring substituents is 1. The molecule has 0 aliphatic rings. The average molecular weight is 2760 g/mol. The van der Waals surface area contributed by atoms with E-state index < -0.39 is 45.8 Å². The second-order valence-corrected chi connectivity index (χ2v) is 39.1. The molecule has 0 atom stereocenters. The minimum atomic E-state index is -4.35. The van der Waals surface area contributed by atoms with Crippen LogP contribution in [0.2, 0.25) is 10.0 Å². The number of benzene rings is 14. The number of carbonyl (C=O) groups is 8. The number of halogens is 15. The number of thioether (sulfide) groups is 1. The molecule has 30 nitrogen and oxygen atoms in total. The van der Waals surface area contributed by atoms with Crippen molar-refractivity contribution in [3.63, 3.8) is 0 Å². The van der Waals surface area contributed by atoms with Gasteiger partial charge >= 0.3 is 17.3 Å². The highest BCUT2D eigenvalue weighted by atomic mass is 127. The Balaban J connectivity index is 0.000000204. The van der Waals surface area contributed by atoms with Crippen LogP contribution in [0.1, 0.15) is 75.4 Å². The number of anilines is 4. The van der Waals surface area contributed by atoms with Gasteiger partial charge in [-0.15, -0.1) is 0 Å². The van der Waals surface area contributed by atoms with E-state index in [0.717, 1.165) is 26.9 Å². The lowest BCUT2D eigenvalue weighted by atomic mass is 10.0. The molecular formula is C96H69Br5Cl2F4I4N12O18S. The van der Waals surface area contributed by atoms with Crippen LogP contribution in [0.25, 0.3) is 10.8 Å². The summed E-state index contributed by atoms with van der Waals surface area (Å²) >= 11 is 35.4. The van der Waals surface area contributed by atoms with Gasteiger partial charge in [0.05, 0.1) is 67.1 Å². The number of nitrogens with zero attached hydrogens (tertiary/aromatic N) is 4. The molecule has 0 aliphatic heterocycles. The number of nitrogens with one attached hydrogen (secondary N) is 7. The molecule has 8 amide bonds. The van der Waals surface area contributed by atoms with Crippen LogP contribution in [-0.2, 0) is 14.4 Å². The summed E-state index contributed by atoms with van der Waals surface area (Å²) in [7, 11) is 0. The highest BCUT2D eigenvalue weighted by Crippen LogP contribution is 2.39. The lowest BCUT2D eigenvalue weighted by Crippen LogP contribution is -2.32. The number of hydrazone groups is 3. The number of carbonyl (C=O) groups excluding carboxylic acids is 8. The molecule has 0 spiro atoms. The third-order valence-electron chi connectivity index (χ3n) is 17.7. The Labute approximate surface area is 915 Å². The van der Waals surface area contributed by atoms with E-state index in [-0.39, 0.29) is 120 Å². The second-order valence-electron chi connectivity index (χ2n) is 27.9. The molecule has 0 aliphatic carbocycles. The number of rotatable bonds is 20. The molecule has 14 rings (SSSR count). The minimum Gasteiger partial charge on any atom is -0.507 e. The number of aromatic hydroxyl groups is 7. The zero-order valence-electron chi connectivity index (χ0n) is 72.0. The molecule has 142 heavy (non-hydrogen) atoms. The van der Waals surface area contributed by atoms with Crippen LogP contribution in [0, 0.1) is 30.2 Å². The number of primary amides is 1. The summed E-state index contributed by atoms with van der Waals surface area (Å²) in [6.45, 7) is 1.49. The van der Waals surface area contributed by atoms with Gasteiger partial charge in [0.2, 0.25) is 0 Å². The van der Waals surface area contributed by atoms with Crippen LogP contribution < -0.4 is 48.0 Å². The number of para-hydroxylation sites is 3. The fourth-order valence-corrected chi connectivity index (χ4v) is 18.3. The first-order valence-electron chi connectivity index (χ1n) is 39.6. The van der Waals surface area contributed by atoms with Gasteiger partial charge in [-0.05, 0) is 346 Å². The zero-order valence-corrected chi connectivity index (χ0v) is 90.9. The number of amides is 8. The fraction of sp³-hybridized carbons (Fsp3) is 0.0312. The second kappa shape index (κ2) is 56.7. The van der Waals surface area contributed by atoms with E-state index in [1.807, 2.05) is 122 Å². The third kappa shape index (κ3) is 37.6. The molecular weight excluding hydrogens is 2700 g/mol. The topological polar surface area (TPSA) is 478 Å². The normalized spacial score (nSPS) is 10.7. The number of fused-ring (bicyclic) bond motifs is 1. The predicted octanol–water partition coefficient (Wildman–Crippen LogP) is 24.7. The van der Waals surface area contributed by atoms with Crippen molar-refractivity contribution in [1.29, 1.82) is 0 Å². The number of phenols is 7.